The largest absolute Gasteiger partial charge is 0.497 e. The van der Waals surface area contributed by atoms with Gasteiger partial charge in [0.1, 0.15) is 11.3 Å². The van der Waals surface area contributed by atoms with Crippen molar-refractivity contribution in [1.82, 2.24) is 9.78 Å². The number of nitrogens with two attached hydrogens (primary N) is 1. The summed E-state index contributed by atoms with van der Waals surface area (Å²) in [6, 6.07) is 18.0. The molecule has 0 fully saturated rings. The number of hydrogen-bond acceptors (Lipinski definition) is 4. The summed E-state index contributed by atoms with van der Waals surface area (Å²) < 4.78 is 6.40. The van der Waals surface area contributed by atoms with Crippen LogP contribution >= 0.6 is 0 Å². The SMILES string of the molecule is COc1ccc(-c2cc(C(N)=O)c(=O)n(Cc3ccccc3)n2)cc1. The molecule has 25 heavy (non-hydrogen) atoms. The van der Waals surface area contributed by atoms with Crippen LogP contribution in [0.4, 0.5) is 0 Å². The number of carbonyl (C=O) groups excluding carboxylic acids is 1. The maximum absolute atomic E-state index is 12.5. The van der Waals surface area contributed by atoms with Gasteiger partial charge in [0.05, 0.1) is 19.3 Å². The van der Waals surface area contributed by atoms with Crippen molar-refractivity contribution in [3.63, 3.8) is 0 Å². The number of benzene rings is 2. The molecule has 6 heteroatoms. The standard InChI is InChI=1S/C19H17N3O3/c1-25-15-9-7-14(8-10-15)17-11-16(18(20)23)19(24)22(21-17)12-13-5-3-2-4-6-13/h2-11H,12H2,1H3,(H2,20,23). The number of carbonyl (C=O) groups is 1. The van der Waals surface area contributed by atoms with Gasteiger partial charge in [-0.1, -0.05) is 30.3 Å². The Bertz CT molecular complexity index is 948. The molecule has 1 amide bonds. The summed E-state index contributed by atoms with van der Waals surface area (Å²) in [5.74, 6) is -0.0690. The van der Waals surface area contributed by atoms with Gasteiger partial charge in [0, 0.05) is 5.56 Å². The second kappa shape index (κ2) is 7.00. The lowest BCUT2D eigenvalue weighted by Gasteiger charge is -2.10. The minimum absolute atomic E-state index is 0.0863. The molecule has 0 spiro atoms. The van der Waals surface area contributed by atoms with Crippen molar-refractivity contribution < 1.29 is 9.53 Å². The summed E-state index contributed by atoms with van der Waals surface area (Å²) in [5.41, 5.74) is 6.93. The van der Waals surface area contributed by atoms with E-state index in [2.05, 4.69) is 5.10 Å². The van der Waals surface area contributed by atoms with Gasteiger partial charge in [-0.2, -0.15) is 5.10 Å². The van der Waals surface area contributed by atoms with Crippen LogP contribution in [-0.2, 0) is 6.54 Å². The molecule has 2 aromatic carbocycles. The van der Waals surface area contributed by atoms with Crippen molar-refractivity contribution >= 4 is 5.91 Å². The van der Waals surface area contributed by atoms with Crippen LogP contribution in [0.5, 0.6) is 5.75 Å². The fourth-order valence-electron chi connectivity index (χ4n) is 2.48. The highest BCUT2D eigenvalue weighted by Gasteiger charge is 2.14. The number of primary amides is 1. The fraction of sp³-hybridized carbons (Fsp3) is 0.105. The van der Waals surface area contributed by atoms with Crippen LogP contribution in [-0.4, -0.2) is 22.8 Å². The van der Waals surface area contributed by atoms with E-state index >= 15 is 0 Å². The van der Waals surface area contributed by atoms with E-state index in [0.717, 1.165) is 11.1 Å². The van der Waals surface area contributed by atoms with Gasteiger partial charge in [-0.25, -0.2) is 4.68 Å². The summed E-state index contributed by atoms with van der Waals surface area (Å²) in [6.45, 7) is 0.254. The number of nitrogens with zero attached hydrogens (tertiary/aromatic N) is 2. The van der Waals surface area contributed by atoms with Gasteiger partial charge in [-0.3, -0.25) is 9.59 Å². The monoisotopic (exact) mass is 335 g/mol. The Morgan fingerprint density at radius 3 is 2.40 bits per heavy atom. The second-order valence-corrected chi connectivity index (χ2v) is 5.48. The quantitative estimate of drug-likeness (QED) is 0.773. The Kier molecular flexibility index (Phi) is 4.61. The van der Waals surface area contributed by atoms with E-state index in [1.165, 1.54) is 10.7 Å². The molecule has 3 aromatic rings. The van der Waals surface area contributed by atoms with E-state index in [4.69, 9.17) is 10.5 Å². The van der Waals surface area contributed by atoms with Crippen LogP contribution in [0, 0.1) is 0 Å². The third-order valence-electron chi connectivity index (χ3n) is 3.80. The zero-order chi connectivity index (χ0) is 17.8. The van der Waals surface area contributed by atoms with Crippen molar-refractivity contribution in [2.75, 3.05) is 7.11 Å². The Hall–Kier alpha value is -3.41. The molecule has 0 saturated heterocycles. The predicted molar refractivity (Wildman–Crippen MR) is 94.5 cm³/mol. The third-order valence-corrected chi connectivity index (χ3v) is 3.80. The average Bonchev–Trinajstić information content (AvgIpc) is 2.64. The number of ether oxygens (including phenoxy) is 1. The lowest BCUT2D eigenvalue weighted by atomic mass is 10.1. The minimum Gasteiger partial charge on any atom is -0.497 e. The van der Waals surface area contributed by atoms with E-state index in [9.17, 15) is 9.59 Å². The van der Waals surface area contributed by atoms with Crippen LogP contribution in [0.15, 0.2) is 65.5 Å². The van der Waals surface area contributed by atoms with Gasteiger partial charge in [-0.15, -0.1) is 0 Å². The number of rotatable bonds is 5. The highest BCUT2D eigenvalue weighted by molar-refractivity contribution is 5.93. The van der Waals surface area contributed by atoms with E-state index in [1.807, 2.05) is 42.5 Å². The van der Waals surface area contributed by atoms with E-state index in [-0.39, 0.29) is 12.1 Å². The molecule has 2 N–H and O–H groups in total. The lowest BCUT2D eigenvalue weighted by Crippen LogP contribution is -2.32. The average molecular weight is 335 g/mol. The van der Waals surface area contributed by atoms with E-state index < -0.39 is 11.5 Å². The zero-order valence-corrected chi connectivity index (χ0v) is 13.7. The van der Waals surface area contributed by atoms with Crippen molar-refractivity contribution in [3.05, 3.63) is 82.1 Å². The molecule has 3 rings (SSSR count). The Labute approximate surface area is 144 Å². The number of aromatic nitrogens is 2. The van der Waals surface area contributed by atoms with Crippen LogP contribution in [0.1, 0.15) is 15.9 Å². The molecule has 1 aromatic heterocycles. The molecule has 6 nitrogen and oxygen atoms in total. The van der Waals surface area contributed by atoms with Gasteiger partial charge in [-0.05, 0) is 35.9 Å². The van der Waals surface area contributed by atoms with Gasteiger partial charge >= 0.3 is 0 Å². The zero-order valence-electron chi connectivity index (χ0n) is 13.7. The molecule has 0 unspecified atom stereocenters. The highest BCUT2D eigenvalue weighted by atomic mass is 16.5. The van der Waals surface area contributed by atoms with Crippen LogP contribution in [0.25, 0.3) is 11.3 Å². The Morgan fingerprint density at radius 2 is 1.80 bits per heavy atom. The van der Waals surface area contributed by atoms with Crippen molar-refractivity contribution in [2.24, 2.45) is 5.73 Å². The predicted octanol–water partition coefficient (Wildman–Crippen LogP) is 2.07. The number of methoxy groups -OCH3 is 1. The molecule has 0 aliphatic carbocycles. The normalized spacial score (nSPS) is 10.4. The van der Waals surface area contributed by atoms with Gasteiger partial charge in [0.15, 0.2) is 0 Å². The van der Waals surface area contributed by atoms with Crippen LogP contribution < -0.4 is 16.0 Å². The summed E-state index contributed by atoms with van der Waals surface area (Å²) in [7, 11) is 1.58. The highest BCUT2D eigenvalue weighted by Crippen LogP contribution is 2.20. The van der Waals surface area contributed by atoms with E-state index in [0.29, 0.717) is 11.4 Å². The summed E-state index contributed by atoms with van der Waals surface area (Å²) in [4.78, 5) is 24.1. The molecule has 0 bridgehead atoms. The molecule has 1 heterocycles. The summed E-state index contributed by atoms with van der Waals surface area (Å²) >= 11 is 0. The smallest absolute Gasteiger partial charge is 0.279 e. The van der Waals surface area contributed by atoms with Crippen molar-refractivity contribution in [1.29, 1.82) is 0 Å². The third kappa shape index (κ3) is 3.58. The Balaban J connectivity index is 2.09. The van der Waals surface area contributed by atoms with Crippen molar-refractivity contribution in [3.8, 4) is 17.0 Å². The molecule has 0 radical (unpaired) electrons. The molecule has 0 atom stereocenters. The first kappa shape index (κ1) is 16.4. The van der Waals surface area contributed by atoms with Gasteiger partial charge in [0.2, 0.25) is 0 Å². The van der Waals surface area contributed by atoms with Crippen molar-refractivity contribution in [2.45, 2.75) is 6.54 Å². The second-order valence-electron chi connectivity index (χ2n) is 5.48. The van der Waals surface area contributed by atoms with Gasteiger partial charge < -0.3 is 10.5 Å². The van der Waals surface area contributed by atoms with E-state index in [1.54, 1.807) is 19.2 Å². The summed E-state index contributed by atoms with van der Waals surface area (Å²) in [5, 5.41) is 4.39. The molecule has 126 valence electrons. The minimum atomic E-state index is -0.774. The summed E-state index contributed by atoms with van der Waals surface area (Å²) in [6.07, 6.45) is 0. The Morgan fingerprint density at radius 1 is 1.12 bits per heavy atom. The van der Waals surface area contributed by atoms with Gasteiger partial charge in [0.25, 0.3) is 11.5 Å². The molecular formula is C19H17N3O3. The maximum Gasteiger partial charge on any atom is 0.279 e. The number of hydrogen-bond donors (Lipinski definition) is 1. The molecule has 0 aliphatic heterocycles. The fourth-order valence-corrected chi connectivity index (χ4v) is 2.48. The lowest BCUT2D eigenvalue weighted by molar-refractivity contribution is 0.0998. The maximum atomic E-state index is 12.5. The topological polar surface area (TPSA) is 87.2 Å². The first-order chi connectivity index (χ1) is 12.1. The molecule has 0 saturated carbocycles. The first-order valence-corrected chi connectivity index (χ1v) is 7.69. The number of amides is 1. The van der Waals surface area contributed by atoms with Crippen LogP contribution in [0.2, 0.25) is 0 Å². The first-order valence-electron chi connectivity index (χ1n) is 7.69. The molecular weight excluding hydrogens is 318 g/mol. The molecule has 0 aliphatic rings. The van der Waals surface area contributed by atoms with Crippen LogP contribution in [0.3, 0.4) is 0 Å².